The second-order valence-electron chi connectivity index (χ2n) is 3.98. The number of halogens is 9. The average Bonchev–Trinajstić information content (AvgIpc) is 2.36. The molecule has 0 aliphatic heterocycles. The third kappa shape index (κ3) is 3.27. The molecule has 0 amide bonds. The Balaban J connectivity index is 6.43. The minimum absolute atomic E-state index is 0.804. The summed E-state index contributed by atoms with van der Waals surface area (Å²) in [5, 5.41) is -7.25. The Hall–Kier alpha value is -0.530. The molecular formula is C8H10F9O5PS. The van der Waals surface area contributed by atoms with Crippen LogP contribution < -0.4 is 0 Å². The van der Waals surface area contributed by atoms with Gasteiger partial charge in [-0.25, -0.2) is 0 Å². The van der Waals surface area contributed by atoms with Gasteiger partial charge >= 0.3 is 40.6 Å². The lowest BCUT2D eigenvalue weighted by Crippen LogP contribution is -2.63. The first-order valence-corrected chi connectivity index (χ1v) is 8.64. The molecule has 5 nitrogen and oxygen atoms in total. The number of alkyl halides is 8. The molecule has 0 aromatic rings. The Bertz CT molecular complexity index is 595. The van der Waals surface area contributed by atoms with E-state index in [2.05, 4.69) is 9.05 Å². The van der Waals surface area contributed by atoms with E-state index in [1.165, 1.54) is 0 Å². The zero-order valence-corrected chi connectivity index (χ0v) is 13.4. The van der Waals surface area contributed by atoms with Crippen molar-refractivity contribution in [3.63, 3.8) is 0 Å². The van der Waals surface area contributed by atoms with Crippen molar-refractivity contribution < 1.29 is 61.0 Å². The third-order valence-electron chi connectivity index (χ3n) is 2.39. The molecule has 0 unspecified atom stereocenters. The highest BCUT2D eigenvalue weighted by atomic mass is 32.3. The van der Waals surface area contributed by atoms with Crippen molar-refractivity contribution in [2.24, 2.45) is 0 Å². The summed E-state index contributed by atoms with van der Waals surface area (Å²) in [5.74, 6) is -14.8. The molecule has 0 atom stereocenters. The molecule has 0 radical (unpaired) electrons. The molecule has 0 heterocycles. The molecule has 0 spiro atoms. The fourth-order valence-electron chi connectivity index (χ4n) is 1.24. The molecule has 16 heteroatoms. The molecule has 24 heavy (non-hydrogen) atoms. The standard InChI is InChI=1S/C8H10F9O5PS/c1-3-21-23(18,22-4-2)7(13,14)5(9,10)6(11,12)8(15,16)24(17,19)20/h3-4H2,1-2H3. The van der Waals surface area contributed by atoms with E-state index in [4.69, 9.17) is 0 Å². The van der Waals surface area contributed by atoms with Crippen LogP contribution in [0.5, 0.6) is 0 Å². The van der Waals surface area contributed by atoms with Crippen LogP contribution in [-0.2, 0) is 23.8 Å². The van der Waals surface area contributed by atoms with Crippen LogP contribution >= 0.6 is 7.60 Å². The fraction of sp³-hybridized carbons (Fsp3) is 1.00. The van der Waals surface area contributed by atoms with Crippen molar-refractivity contribution in [3.05, 3.63) is 0 Å². The van der Waals surface area contributed by atoms with Crippen LogP contribution in [0.2, 0.25) is 0 Å². The Labute approximate surface area is 129 Å². The molecule has 0 aromatic heterocycles. The number of hydrogen-bond acceptors (Lipinski definition) is 5. The number of rotatable bonds is 9. The third-order valence-corrected chi connectivity index (χ3v) is 5.42. The Kier molecular flexibility index (Phi) is 6.50. The van der Waals surface area contributed by atoms with Gasteiger partial charge in [0.15, 0.2) is 0 Å². The molecular weight excluding hydrogens is 410 g/mol. The van der Waals surface area contributed by atoms with Crippen LogP contribution in [0.4, 0.5) is 39.0 Å². The van der Waals surface area contributed by atoms with E-state index in [0.29, 0.717) is 0 Å². The highest BCUT2D eigenvalue weighted by Crippen LogP contribution is 2.70. The zero-order chi connectivity index (χ0) is 19.8. The van der Waals surface area contributed by atoms with E-state index in [-0.39, 0.29) is 0 Å². The lowest BCUT2D eigenvalue weighted by Gasteiger charge is -2.37. The molecule has 0 rings (SSSR count). The largest absolute Gasteiger partial charge is 0.442 e. The van der Waals surface area contributed by atoms with Gasteiger partial charge in [-0.2, -0.15) is 43.5 Å². The first-order valence-electron chi connectivity index (χ1n) is 5.72. The van der Waals surface area contributed by atoms with Crippen LogP contribution in [0.15, 0.2) is 0 Å². The van der Waals surface area contributed by atoms with Crippen LogP contribution in [0.1, 0.15) is 13.8 Å². The second-order valence-corrected chi connectivity index (χ2v) is 7.44. The fourth-order valence-corrected chi connectivity index (χ4v) is 3.23. The molecule has 0 bridgehead atoms. The van der Waals surface area contributed by atoms with Crippen LogP contribution in [-0.4, -0.2) is 44.4 Å². The normalized spacial score (nSPS) is 15.6. The maximum absolute atomic E-state index is 13.6. The SMILES string of the molecule is CCOP(=O)(OCC)C(F)(F)C(F)(F)C(F)(F)C(F)(F)S(=O)(=O)F. The summed E-state index contributed by atoms with van der Waals surface area (Å²) in [4.78, 5) is 0. The monoisotopic (exact) mass is 420 g/mol. The van der Waals surface area contributed by atoms with E-state index in [1.807, 2.05) is 0 Å². The summed E-state index contributed by atoms with van der Waals surface area (Å²) in [6.45, 7) is -0.490. The minimum Gasteiger partial charge on any atom is -0.305 e. The van der Waals surface area contributed by atoms with Gasteiger partial charge in [0.2, 0.25) is 0 Å². The minimum atomic E-state index is -7.74. The highest BCUT2D eigenvalue weighted by molar-refractivity contribution is 7.87. The molecule has 0 aliphatic rings. The van der Waals surface area contributed by atoms with Crippen molar-refractivity contribution >= 4 is 17.8 Å². The topological polar surface area (TPSA) is 69.7 Å². The summed E-state index contributed by atoms with van der Waals surface area (Å²) < 4.78 is 157. The van der Waals surface area contributed by atoms with E-state index < -0.39 is 53.8 Å². The maximum atomic E-state index is 13.6. The first kappa shape index (κ1) is 23.5. The first-order chi connectivity index (χ1) is 10.4. The van der Waals surface area contributed by atoms with E-state index in [1.54, 1.807) is 0 Å². The van der Waals surface area contributed by atoms with Crippen molar-refractivity contribution in [2.45, 2.75) is 36.6 Å². The average molecular weight is 420 g/mol. The van der Waals surface area contributed by atoms with Gasteiger partial charge in [-0.1, -0.05) is 3.89 Å². The molecule has 0 saturated carbocycles. The Morgan fingerprint density at radius 2 is 1.17 bits per heavy atom. The lowest BCUT2D eigenvalue weighted by atomic mass is 10.2. The Morgan fingerprint density at radius 3 is 1.42 bits per heavy atom. The van der Waals surface area contributed by atoms with Crippen LogP contribution in [0.25, 0.3) is 0 Å². The molecule has 0 saturated heterocycles. The Morgan fingerprint density at radius 1 is 0.833 bits per heavy atom. The van der Waals surface area contributed by atoms with Gasteiger partial charge < -0.3 is 9.05 Å². The van der Waals surface area contributed by atoms with Gasteiger partial charge in [-0.15, -0.1) is 0 Å². The summed E-state index contributed by atoms with van der Waals surface area (Å²) in [7, 11) is -14.2. The molecule has 0 aliphatic carbocycles. The summed E-state index contributed by atoms with van der Waals surface area (Å²) in [6.07, 6.45) is 0. The quantitative estimate of drug-likeness (QED) is 0.320. The zero-order valence-electron chi connectivity index (χ0n) is 11.7. The summed E-state index contributed by atoms with van der Waals surface area (Å²) >= 11 is 0. The van der Waals surface area contributed by atoms with Crippen molar-refractivity contribution in [1.82, 2.24) is 0 Å². The predicted molar refractivity (Wildman–Crippen MR) is 60.7 cm³/mol. The van der Waals surface area contributed by atoms with Crippen molar-refractivity contribution in [2.75, 3.05) is 13.2 Å². The van der Waals surface area contributed by atoms with Gasteiger partial charge in [-0.3, -0.25) is 4.57 Å². The molecule has 0 fully saturated rings. The van der Waals surface area contributed by atoms with Crippen LogP contribution in [0, 0.1) is 0 Å². The van der Waals surface area contributed by atoms with E-state index >= 15 is 0 Å². The highest BCUT2D eigenvalue weighted by Gasteiger charge is 2.89. The molecule has 0 aromatic carbocycles. The second kappa shape index (κ2) is 6.65. The smallest absolute Gasteiger partial charge is 0.305 e. The van der Waals surface area contributed by atoms with Crippen LogP contribution in [0.3, 0.4) is 0 Å². The van der Waals surface area contributed by atoms with Gasteiger partial charge in [0, 0.05) is 0 Å². The van der Waals surface area contributed by atoms with Gasteiger partial charge in [0.1, 0.15) is 0 Å². The number of hydrogen-bond donors (Lipinski definition) is 0. The van der Waals surface area contributed by atoms with Gasteiger partial charge in [-0.05, 0) is 13.8 Å². The predicted octanol–water partition coefficient (Wildman–Crippen LogP) is 4.01. The van der Waals surface area contributed by atoms with Crippen molar-refractivity contribution in [1.29, 1.82) is 0 Å². The van der Waals surface area contributed by atoms with E-state index in [0.717, 1.165) is 13.8 Å². The van der Waals surface area contributed by atoms with E-state index in [9.17, 15) is 52.0 Å². The molecule has 0 N–H and O–H groups in total. The van der Waals surface area contributed by atoms with Gasteiger partial charge in [0.05, 0.1) is 13.2 Å². The van der Waals surface area contributed by atoms with Gasteiger partial charge in [0.25, 0.3) is 0 Å². The maximum Gasteiger partial charge on any atom is 0.442 e. The van der Waals surface area contributed by atoms with Crippen molar-refractivity contribution in [3.8, 4) is 0 Å². The lowest BCUT2D eigenvalue weighted by molar-refractivity contribution is -0.330. The molecule has 146 valence electrons. The summed E-state index contributed by atoms with van der Waals surface area (Å²) in [6, 6.07) is 0. The summed E-state index contributed by atoms with van der Waals surface area (Å²) in [5.41, 5.74) is -6.62.